The van der Waals surface area contributed by atoms with Gasteiger partial charge in [0.2, 0.25) is 5.95 Å². The van der Waals surface area contributed by atoms with Gasteiger partial charge in [-0.25, -0.2) is 19.2 Å². The van der Waals surface area contributed by atoms with Crippen molar-refractivity contribution in [1.29, 1.82) is 0 Å². The number of imidazole rings is 1. The molecule has 9 heteroatoms. The molecule has 0 radical (unpaired) electrons. The van der Waals surface area contributed by atoms with Gasteiger partial charge in [-0.3, -0.25) is 4.40 Å². The third-order valence-electron chi connectivity index (χ3n) is 3.11. The van der Waals surface area contributed by atoms with Crippen LogP contribution in [-0.4, -0.2) is 32.6 Å². The van der Waals surface area contributed by atoms with E-state index < -0.39 is 11.7 Å². The minimum absolute atomic E-state index is 0.291. The third kappa shape index (κ3) is 5.15. The number of carbonyl (C=O) groups excluding carboxylic acids is 1. The highest BCUT2D eigenvalue weighted by atomic mass is 79.9. The van der Waals surface area contributed by atoms with Crippen LogP contribution in [0.5, 0.6) is 0 Å². The van der Waals surface area contributed by atoms with Crippen LogP contribution in [0.25, 0.3) is 5.65 Å². The molecular weight excluding hydrogens is 393 g/mol. The molecule has 0 saturated carbocycles. The Bertz CT molecular complexity index is 785. The largest absolute Gasteiger partial charge is 0.444 e. The molecule has 1 unspecified atom stereocenters. The molecule has 0 fully saturated rings. The van der Waals surface area contributed by atoms with Gasteiger partial charge in [-0.15, -0.1) is 0 Å². The number of ether oxygens (including phenoxy) is 1. The van der Waals surface area contributed by atoms with E-state index in [4.69, 9.17) is 4.74 Å². The van der Waals surface area contributed by atoms with E-state index in [1.165, 1.54) is 6.08 Å². The van der Waals surface area contributed by atoms with Crippen molar-refractivity contribution >= 4 is 33.6 Å². The van der Waals surface area contributed by atoms with Crippen molar-refractivity contribution in [2.75, 3.05) is 11.9 Å². The fourth-order valence-electron chi connectivity index (χ4n) is 2.06. The van der Waals surface area contributed by atoms with Crippen LogP contribution in [-0.2, 0) is 4.74 Å². The Hall–Kier alpha value is -2.16. The van der Waals surface area contributed by atoms with Gasteiger partial charge in [0.1, 0.15) is 5.60 Å². The number of rotatable bonds is 5. The lowest BCUT2D eigenvalue weighted by molar-refractivity contribution is 0.0507. The Labute approximate surface area is 153 Å². The summed E-state index contributed by atoms with van der Waals surface area (Å²) in [5, 5.41) is 5.74. The molecular formula is C16H21BrFN5O2. The predicted octanol–water partition coefficient (Wildman–Crippen LogP) is 3.97. The highest BCUT2D eigenvalue weighted by Gasteiger charge is 2.20. The van der Waals surface area contributed by atoms with Crippen molar-refractivity contribution in [1.82, 2.24) is 19.7 Å². The summed E-state index contributed by atoms with van der Waals surface area (Å²) in [5.74, 6) is 0.513. The number of carbonyl (C=O) groups is 1. The summed E-state index contributed by atoms with van der Waals surface area (Å²) < 4.78 is 19.8. The quantitative estimate of drug-likeness (QED) is 0.774. The minimum Gasteiger partial charge on any atom is -0.444 e. The van der Waals surface area contributed by atoms with Crippen molar-refractivity contribution in [3.8, 4) is 0 Å². The number of aromatic nitrogens is 3. The summed E-state index contributed by atoms with van der Waals surface area (Å²) >= 11 is 3.41. The van der Waals surface area contributed by atoms with Gasteiger partial charge >= 0.3 is 6.09 Å². The van der Waals surface area contributed by atoms with Gasteiger partial charge in [-0.1, -0.05) is 0 Å². The van der Waals surface area contributed by atoms with Crippen molar-refractivity contribution in [3.05, 3.63) is 35.0 Å². The number of halogens is 2. The first-order valence-corrected chi connectivity index (χ1v) is 8.52. The molecule has 2 aromatic rings. The summed E-state index contributed by atoms with van der Waals surface area (Å²) in [4.78, 5) is 20.7. The molecule has 0 aliphatic rings. The normalized spacial score (nSPS) is 13.2. The molecule has 2 aromatic heterocycles. The molecule has 25 heavy (non-hydrogen) atoms. The summed E-state index contributed by atoms with van der Waals surface area (Å²) in [6.45, 7) is 7.50. The molecule has 0 aromatic carbocycles. The maximum absolute atomic E-state index is 12.1. The molecule has 0 aliphatic heterocycles. The van der Waals surface area contributed by atoms with Gasteiger partial charge < -0.3 is 15.4 Å². The predicted molar refractivity (Wildman–Crippen MR) is 97.2 cm³/mol. The number of hydrogen-bond donors (Lipinski definition) is 2. The molecule has 7 nitrogen and oxygen atoms in total. The first-order chi connectivity index (χ1) is 11.7. The highest BCUT2D eigenvalue weighted by Crippen LogP contribution is 2.23. The van der Waals surface area contributed by atoms with Gasteiger partial charge in [0.05, 0.1) is 22.5 Å². The smallest absolute Gasteiger partial charge is 0.408 e. The topological polar surface area (TPSA) is 80.5 Å². The Kier molecular flexibility index (Phi) is 5.99. The minimum atomic E-state index is -0.573. The van der Waals surface area contributed by atoms with Gasteiger partial charge in [-0.2, -0.15) is 0 Å². The van der Waals surface area contributed by atoms with Crippen molar-refractivity contribution in [2.24, 2.45) is 0 Å². The third-order valence-corrected chi connectivity index (χ3v) is 3.67. The van der Waals surface area contributed by atoms with E-state index in [0.717, 1.165) is 0 Å². The second-order valence-corrected chi connectivity index (χ2v) is 7.25. The van der Waals surface area contributed by atoms with Crippen molar-refractivity contribution < 1.29 is 13.9 Å². The number of nitrogens with zero attached hydrogens (tertiary/aromatic N) is 3. The van der Waals surface area contributed by atoms with Crippen LogP contribution in [0.2, 0.25) is 0 Å². The van der Waals surface area contributed by atoms with E-state index in [9.17, 15) is 9.18 Å². The van der Waals surface area contributed by atoms with Crippen LogP contribution in [0, 0.1) is 0 Å². The Morgan fingerprint density at radius 3 is 2.88 bits per heavy atom. The lowest BCUT2D eigenvalue weighted by atomic mass is 10.2. The van der Waals surface area contributed by atoms with Gasteiger partial charge in [0, 0.05) is 18.9 Å². The van der Waals surface area contributed by atoms with E-state index in [2.05, 4.69) is 36.5 Å². The monoisotopic (exact) mass is 413 g/mol. The molecule has 0 bridgehead atoms. The molecule has 136 valence electrons. The summed E-state index contributed by atoms with van der Waals surface area (Å²) in [5.41, 5.74) is 0.703. The van der Waals surface area contributed by atoms with Gasteiger partial charge in [-0.05, 0) is 49.7 Å². The van der Waals surface area contributed by atoms with Crippen LogP contribution in [0.3, 0.4) is 0 Å². The first kappa shape index (κ1) is 19.2. The zero-order valence-corrected chi connectivity index (χ0v) is 16.1. The zero-order valence-electron chi connectivity index (χ0n) is 14.5. The fraction of sp³-hybridized carbons (Fsp3) is 0.438. The number of amides is 1. The average Bonchev–Trinajstić information content (AvgIpc) is 2.94. The van der Waals surface area contributed by atoms with E-state index in [0.29, 0.717) is 34.6 Å². The summed E-state index contributed by atoms with van der Waals surface area (Å²) in [6.07, 6.45) is 4.66. The Balaban J connectivity index is 2.23. The SMILES string of the molecule is CC(NC(=O)OC(C)(C)C)c1cn2c(NC/C=C\F)ncc(Br)c2n1. The fourth-order valence-corrected chi connectivity index (χ4v) is 2.44. The van der Waals surface area contributed by atoms with Crippen molar-refractivity contribution in [2.45, 2.75) is 39.3 Å². The lowest BCUT2D eigenvalue weighted by Gasteiger charge is -2.21. The zero-order chi connectivity index (χ0) is 18.6. The van der Waals surface area contributed by atoms with Crippen LogP contribution >= 0.6 is 15.9 Å². The summed E-state index contributed by atoms with van der Waals surface area (Å²) in [7, 11) is 0. The second kappa shape index (κ2) is 7.81. The number of fused-ring (bicyclic) bond motifs is 1. The molecule has 1 atom stereocenters. The Morgan fingerprint density at radius 2 is 2.24 bits per heavy atom. The van der Waals surface area contributed by atoms with Crippen LogP contribution in [0.4, 0.5) is 15.1 Å². The van der Waals surface area contributed by atoms with Gasteiger partial charge in [0.15, 0.2) is 5.65 Å². The van der Waals surface area contributed by atoms with Gasteiger partial charge in [0.25, 0.3) is 0 Å². The van der Waals surface area contributed by atoms with Crippen LogP contribution < -0.4 is 10.6 Å². The number of nitrogens with one attached hydrogen (secondary N) is 2. The molecule has 2 heterocycles. The molecule has 2 rings (SSSR count). The average molecular weight is 414 g/mol. The standard InChI is InChI=1S/C16H21BrFN5O2/c1-10(21-15(24)25-16(2,3)4)12-9-23-13(22-12)11(17)8-20-14(23)19-7-5-6-18/h5-6,8-10H,7H2,1-4H3,(H,19,20)(H,21,24)/b6-5-. The van der Waals surface area contributed by atoms with E-state index in [1.807, 2.05) is 6.92 Å². The van der Waals surface area contributed by atoms with Crippen molar-refractivity contribution in [3.63, 3.8) is 0 Å². The van der Waals surface area contributed by atoms with E-state index >= 15 is 0 Å². The van der Waals surface area contributed by atoms with Crippen LogP contribution in [0.1, 0.15) is 39.4 Å². The number of anilines is 1. The Morgan fingerprint density at radius 1 is 1.52 bits per heavy atom. The molecule has 0 aliphatic carbocycles. The molecule has 0 saturated heterocycles. The highest BCUT2D eigenvalue weighted by molar-refractivity contribution is 9.10. The second-order valence-electron chi connectivity index (χ2n) is 6.40. The summed E-state index contributed by atoms with van der Waals surface area (Å²) in [6, 6.07) is -0.361. The molecule has 2 N–H and O–H groups in total. The molecule has 1 amide bonds. The van der Waals surface area contributed by atoms with Crippen LogP contribution in [0.15, 0.2) is 29.3 Å². The first-order valence-electron chi connectivity index (χ1n) is 7.73. The number of hydrogen-bond acceptors (Lipinski definition) is 5. The molecule has 0 spiro atoms. The maximum Gasteiger partial charge on any atom is 0.408 e. The number of alkyl carbamates (subject to hydrolysis) is 1. The lowest BCUT2D eigenvalue weighted by Crippen LogP contribution is -2.34. The maximum atomic E-state index is 12.1. The van der Waals surface area contributed by atoms with E-state index in [1.54, 1.807) is 37.6 Å². The van der Waals surface area contributed by atoms with E-state index in [-0.39, 0.29) is 6.04 Å².